The van der Waals surface area contributed by atoms with E-state index in [0.29, 0.717) is 0 Å². The van der Waals surface area contributed by atoms with E-state index in [0.717, 1.165) is 4.57 Å². The van der Waals surface area contributed by atoms with Crippen molar-refractivity contribution in [3.8, 4) is 0 Å². The fourth-order valence-corrected chi connectivity index (χ4v) is 1.91. The van der Waals surface area contributed by atoms with Crippen molar-refractivity contribution in [3.63, 3.8) is 0 Å². The smallest absolute Gasteiger partial charge is 0.394 e. The van der Waals surface area contributed by atoms with E-state index < -0.39 is 60.2 Å². The van der Waals surface area contributed by atoms with E-state index in [4.69, 9.17) is 78.8 Å². The molecule has 0 amide bonds. The largest absolute Gasteiger partial charge is 0.466 e. The maximum absolute atomic E-state index is 11.7. The Morgan fingerprint density at radius 2 is 1.47 bits per heavy atom. The monoisotopic (exact) mass is 562 g/mol. The third-order valence-corrected chi connectivity index (χ3v) is 2.83. The zero-order chi connectivity index (χ0) is 27.5. The number of nitrogens with two attached hydrogens (primary N) is 1. The molecule has 2 heterocycles. The molecule has 1 saturated heterocycles. The quantitative estimate of drug-likeness (QED) is 0.0721. The van der Waals surface area contributed by atoms with Crippen molar-refractivity contribution in [2.45, 2.75) is 24.5 Å². The van der Waals surface area contributed by atoms with Gasteiger partial charge in [-0.15, -0.1) is 0 Å². The maximum atomic E-state index is 11.7. The van der Waals surface area contributed by atoms with E-state index in [-0.39, 0.29) is 5.82 Å². The molecule has 0 aliphatic carbocycles. The van der Waals surface area contributed by atoms with Gasteiger partial charge in [0.15, 0.2) is 0 Å². The number of azide groups is 1. The Morgan fingerprint density at radius 1 is 1.06 bits per heavy atom. The molecule has 0 unspecified atom stereocenters. The average Bonchev–Trinajstić information content (AvgIpc) is 2.87. The number of aliphatic hydroxyl groups is 2. The molecule has 0 aromatic carbocycles. The van der Waals surface area contributed by atoms with Crippen LogP contribution in [0.15, 0.2) is 22.2 Å². The fraction of sp³-hybridized carbons (Fsp3) is 0.556. The first-order valence-corrected chi connectivity index (χ1v) is 12.5. The van der Waals surface area contributed by atoms with Gasteiger partial charge in [-0.05, 0) is 11.6 Å². The molecule has 198 valence electrons. The second-order valence-electron chi connectivity index (χ2n) is 5.52. The Kier molecular flexibility index (Phi) is 14.7. The normalized spacial score (nSPS) is 22.0. The third kappa shape index (κ3) is 19.6. The van der Waals surface area contributed by atoms with Crippen LogP contribution in [0.2, 0.25) is 0 Å². The molecule has 1 aromatic rings. The molecule has 25 heteroatoms. The molecular weight excluding hydrogens is 541 g/mol. The Morgan fingerprint density at radius 3 is 1.79 bits per heavy atom. The van der Waals surface area contributed by atoms with Gasteiger partial charge < -0.3 is 64.7 Å². The number of hydrogen-bond acceptors (Lipinski definition) is 10. The van der Waals surface area contributed by atoms with Crippen LogP contribution in [0.5, 0.6) is 0 Å². The summed E-state index contributed by atoms with van der Waals surface area (Å²) in [5.41, 5.74) is 13.2. The zero-order valence-electron chi connectivity index (χ0n) is 16.3. The van der Waals surface area contributed by atoms with Crippen LogP contribution in [0.1, 0.15) is 6.23 Å². The van der Waals surface area contributed by atoms with Crippen LogP contribution in [0.4, 0.5) is 5.82 Å². The van der Waals surface area contributed by atoms with Gasteiger partial charge in [-0.3, -0.25) is 4.57 Å². The van der Waals surface area contributed by atoms with Crippen molar-refractivity contribution in [1.82, 2.24) is 9.55 Å². The lowest BCUT2D eigenvalue weighted by Gasteiger charge is -2.17. The highest BCUT2D eigenvalue weighted by molar-refractivity contribution is 7.45. The highest BCUT2D eigenvalue weighted by atomic mass is 31.2. The number of anilines is 1. The van der Waals surface area contributed by atoms with Gasteiger partial charge in [-0.2, -0.15) is 4.98 Å². The van der Waals surface area contributed by atoms with Gasteiger partial charge >= 0.3 is 29.2 Å². The predicted molar refractivity (Wildman–Crippen MR) is 106 cm³/mol. The van der Waals surface area contributed by atoms with E-state index in [1.54, 1.807) is 0 Å². The van der Waals surface area contributed by atoms with Crippen LogP contribution < -0.4 is 11.4 Å². The number of rotatable bonds is 3. The van der Waals surface area contributed by atoms with Gasteiger partial charge in [-0.1, -0.05) is 5.11 Å². The minimum absolute atomic E-state index is 0.0406. The second-order valence-corrected chi connectivity index (χ2v) is 8.60. The summed E-state index contributed by atoms with van der Waals surface area (Å²) in [7, 11) is -13.9. The highest BCUT2D eigenvalue weighted by Gasteiger charge is 2.44. The SMILES string of the molecule is O=P(O)(O)O.O=P(O)(O)O.O=P(O)(O)O.[N-]=[N+]=N[C@H]1[C@H](O)[C@@H](CO)O[C@H]1n1ccc(N)nc1=O. The molecule has 0 radical (unpaired) electrons. The highest BCUT2D eigenvalue weighted by Crippen LogP contribution is 2.31. The van der Waals surface area contributed by atoms with Gasteiger partial charge in [0.05, 0.1) is 12.7 Å². The molecule has 2 rings (SSSR count). The first-order chi connectivity index (χ1) is 15.1. The number of hydrogen-bond donors (Lipinski definition) is 12. The van der Waals surface area contributed by atoms with Gasteiger partial charge in [0.2, 0.25) is 0 Å². The Hall–Kier alpha value is -1.80. The molecular formula is C9H21N6O16P3. The molecule has 0 saturated carbocycles. The summed E-state index contributed by atoms with van der Waals surface area (Å²) < 4.78 is 33.0. The number of aromatic nitrogens is 2. The molecule has 34 heavy (non-hydrogen) atoms. The van der Waals surface area contributed by atoms with Gasteiger partial charge in [0, 0.05) is 11.1 Å². The molecule has 0 bridgehead atoms. The summed E-state index contributed by atoms with van der Waals surface area (Å²) in [6, 6.07) is 0.335. The summed E-state index contributed by atoms with van der Waals surface area (Å²) in [6.07, 6.45) is -1.87. The van der Waals surface area contributed by atoms with Gasteiger partial charge in [0.1, 0.15) is 24.2 Å². The number of nitrogens with zero attached hydrogens (tertiary/aromatic N) is 5. The summed E-state index contributed by atoms with van der Waals surface area (Å²) in [4.78, 5) is 82.5. The van der Waals surface area contributed by atoms with Crippen molar-refractivity contribution in [3.05, 3.63) is 33.2 Å². The van der Waals surface area contributed by atoms with Crippen LogP contribution in [0.3, 0.4) is 0 Å². The molecule has 1 aromatic heterocycles. The summed E-state index contributed by atoms with van der Waals surface area (Å²) in [6.45, 7) is -0.466. The maximum Gasteiger partial charge on any atom is 0.466 e. The van der Waals surface area contributed by atoms with Crippen LogP contribution in [-0.2, 0) is 18.4 Å². The van der Waals surface area contributed by atoms with E-state index >= 15 is 0 Å². The molecule has 1 aliphatic heterocycles. The second kappa shape index (κ2) is 14.6. The van der Waals surface area contributed by atoms with Crippen molar-refractivity contribution >= 4 is 29.3 Å². The lowest BCUT2D eigenvalue weighted by molar-refractivity contribution is -0.0464. The van der Waals surface area contributed by atoms with Crippen molar-refractivity contribution in [2.75, 3.05) is 12.3 Å². The Bertz CT molecular complexity index is 939. The molecule has 4 atom stereocenters. The van der Waals surface area contributed by atoms with Gasteiger partial charge in [-0.25, -0.2) is 18.5 Å². The molecule has 13 N–H and O–H groups in total. The topological polar surface area (TPSA) is 393 Å². The fourth-order valence-electron chi connectivity index (χ4n) is 1.91. The molecule has 22 nitrogen and oxygen atoms in total. The number of aliphatic hydroxyl groups excluding tert-OH is 2. The number of phosphoric acid groups is 3. The van der Waals surface area contributed by atoms with Crippen molar-refractivity contribution in [2.24, 2.45) is 5.11 Å². The van der Waals surface area contributed by atoms with E-state index in [1.807, 2.05) is 0 Å². The first-order valence-electron chi connectivity index (χ1n) is 7.76. The molecule has 0 spiro atoms. The lowest BCUT2D eigenvalue weighted by atomic mass is 10.1. The minimum atomic E-state index is -4.64. The minimum Gasteiger partial charge on any atom is -0.394 e. The van der Waals surface area contributed by atoms with Crippen LogP contribution in [-0.4, -0.2) is 88.7 Å². The van der Waals surface area contributed by atoms with Crippen LogP contribution >= 0.6 is 23.5 Å². The lowest BCUT2D eigenvalue weighted by Crippen LogP contribution is -2.34. The Balaban J connectivity index is 0. The third-order valence-electron chi connectivity index (χ3n) is 2.83. The number of ether oxygens (including phenoxy) is 1. The molecule has 1 aliphatic rings. The van der Waals surface area contributed by atoms with Crippen molar-refractivity contribution < 1.29 is 72.7 Å². The van der Waals surface area contributed by atoms with Crippen LogP contribution in [0.25, 0.3) is 10.4 Å². The van der Waals surface area contributed by atoms with E-state index in [1.165, 1.54) is 12.3 Å². The summed E-state index contributed by atoms with van der Waals surface area (Å²) in [5, 5.41) is 22.3. The molecule has 1 fully saturated rings. The standard InChI is InChI=1S/C9H12N6O4.3H3O4P/c10-5-1-2-15(9(18)12-5)8-6(13-14-11)7(17)4(3-16)19-8;3*1-5(2,3)4/h1-2,4,6-8,16-17H,3H2,(H2,10,12,18);3*(H3,1,2,3,4)/t4-,6+,7-,8-;;;/m1.../s1. The zero-order valence-corrected chi connectivity index (χ0v) is 19.0. The first kappa shape index (κ1) is 34.4. The predicted octanol–water partition coefficient (Wildman–Crippen LogP) is -4.03. The Labute approximate surface area is 187 Å². The average molecular weight is 562 g/mol. The van der Waals surface area contributed by atoms with Crippen molar-refractivity contribution in [1.29, 1.82) is 0 Å². The van der Waals surface area contributed by atoms with Gasteiger partial charge in [0.25, 0.3) is 0 Å². The number of nitrogen functional groups attached to an aromatic ring is 1. The summed E-state index contributed by atoms with van der Waals surface area (Å²) in [5.74, 6) is 0.0406. The van der Waals surface area contributed by atoms with E-state index in [9.17, 15) is 9.90 Å². The van der Waals surface area contributed by atoms with E-state index in [2.05, 4.69) is 15.0 Å². The summed E-state index contributed by atoms with van der Waals surface area (Å²) >= 11 is 0. The van der Waals surface area contributed by atoms with Crippen LogP contribution in [0, 0.1) is 0 Å².